The van der Waals surface area contributed by atoms with Crippen LogP contribution in [-0.2, 0) is 0 Å². The molecule has 1 heterocycles. The highest BCUT2D eigenvalue weighted by Crippen LogP contribution is 2.36. The first-order valence-electron chi connectivity index (χ1n) is 8.15. The second-order valence-electron chi connectivity index (χ2n) is 6.15. The van der Waals surface area contributed by atoms with Crippen molar-refractivity contribution in [1.29, 1.82) is 0 Å². The van der Waals surface area contributed by atoms with Crippen molar-refractivity contribution in [2.45, 2.75) is 13.1 Å². The first-order valence-corrected chi connectivity index (χ1v) is 8.15. The Morgan fingerprint density at radius 3 is 2.32 bits per heavy atom. The van der Waals surface area contributed by atoms with E-state index >= 15 is 0 Å². The average Bonchev–Trinajstić information content (AvgIpc) is 2.63. The zero-order valence-electron chi connectivity index (χ0n) is 13.7. The van der Waals surface area contributed by atoms with Crippen molar-refractivity contribution in [2.75, 3.05) is 10.2 Å². The number of benzene rings is 3. The number of nitrogens with zero attached hydrogens (tertiary/aromatic N) is 1. The number of hydrogen-bond acceptors (Lipinski definition) is 2. The quantitative estimate of drug-likeness (QED) is 0.723. The minimum Gasteiger partial charge on any atom is -0.360 e. The SMILES string of the molecule is Cc1ccc(C2Nc3ccccc3C(=O)N2c2ccc(F)cc2)cc1. The number of carbonyl (C=O) groups excluding carboxylic acids is 1. The number of para-hydroxylation sites is 1. The Morgan fingerprint density at radius 2 is 1.60 bits per heavy atom. The third-order valence-corrected chi connectivity index (χ3v) is 4.42. The summed E-state index contributed by atoms with van der Waals surface area (Å²) in [6, 6.07) is 21.5. The normalized spacial score (nSPS) is 16.3. The fourth-order valence-electron chi connectivity index (χ4n) is 3.10. The van der Waals surface area contributed by atoms with Crippen molar-refractivity contribution >= 4 is 17.3 Å². The Balaban J connectivity index is 1.85. The molecule has 1 aliphatic heterocycles. The topological polar surface area (TPSA) is 32.3 Å². The van der Waals surface area contributed by atoms with E-state index in [1.807, 2.05) is 49.4 Å². The van der Waals surface area contributed by atoms with Crippen LogP contribution in [0.25, 0.3) is 0 Å². The molecule has 1 amide bonds. The number of halogens is 1. The number of carbonyl (C=O) groups is 1. The van der Waals surface area contributed by atoms with E-state index in [2.05, 4.69) is 5.32 Å². The van der Waals surface area contributed by atoms with Gasteiger partial charge in [-0.2, -0.15) is 0 Å². The summed E-state index contributed by atoms with van der Waals surface area (Å²) in [5.74, 6) is -0.431. The maximum atomic E-state index is 13.3. The fourth-order valence-corrected chi connectivity index (χ4v) is 3.10. The summed E-state index contributed by atoms with van der Waals surface area (Å²) >= 11 is 0. The molecule has 0 aliphatic carbocycles. The van der Waals surface area contributed by atoms with E-state index in [4.69, 9.17) is 0 Å². The van der Waals surface area contributed by atoms with Crippen molar-refractivity contribution in [1.82, 2.24) is 0 Å². The number of fused-ring (bicyclic) bond motifs is 1. The Morgan fingerprint density at radius 1 is 0.920 bits per heavy atom. The molecule has 1 aliphatic rings. The van der Waals surface area contributed by atoms with E-state index in [0.29, 0.717) is 11.3 Å². The van der Waals surface area contributed by atoms with Gasteiger partial charge in [-0.3, -0.25) is 9.69 Å². The molecule has 0 radical (unpaired) electrons. The van der Waals surface area contributed by atoms with Crippen molar-refractivity contribution < 1.29 is 9.18 Å². The van der Waals surface area contributed by atoms with Crippen molar-refractivity contribution in [3.63, 3.8) is 0 Å². The zero-order chi connectivity index (χ0) is 17.4. The van der Waals surface area contributed by atoms with Gasteiger partial charge in [0.1, 0.15) is 12.0 Å². The Bertz CT molecular complexity index is 919. The second kappa shape index (κ2) is 6.06. The molecule has 25 heavy (non-hydrogen) atoms. The highest BCUT2D eigenvalue weighted by molar-refractivity contribution is 6.12. The third kappa shape index (κ3) is 2.76. The van der Waals surface area contributed by atoms with Crippen LogP contribution in [0.1, 0.15) is 27.7 Å². The molecule has 1 atom stereocenters. The molecule has 3 aromatic rings. The van der Waals surface area contributed by atoms with Crippen molar-refractivity contribution in [3.8, 4) is 0 Å². The van der Waals surface area contributed by atoms with Gasteiger partial charge in [0.15, 0.2) is 0 Å². The molecule has 0 bridgehead atoms. The van der Waals surface area contributed by atoms with Crippen LogP contribution in [-0.4, -0.2) is 5.91 Å². The van der Waals surface area contributed by atoms with Gasteiger partial charge in [-0.05, 0) is 48.9 Å². The first kappa shape index (κ1) is 15.4. The van der Waals surface area contributed by atoms with E-state index in [9.17, 15) is 9.18 Å². The lowest BCUT2D eigenvalue weighted by Crippen LogP contribution is -2.43. The van der Waals surface area contributed by atoms with Crippen molar-refractivity contribution in [3.05, 3.63) is 95.3 Å². The molecule has 1 N–H and O–H groups in total. The Labute approximate surface area is 145 Å². The lowest BCUT2D eigenvalue weighted by atomic mass is 10.0. The highest BCUT2D eigenvalue weighted by atomic mass is 19.1. The van der Waals surface area contributed by atoms with Crippen LogP contribution in [0.4, 0.5) is 15.8 Å². The van der Waals surface area contributed by atoms with Crippen molar-refractivity contribution in [2.24, 2.45) is 0 Å². The number of amides is 1. The van der Waals surface area contributed by atoms with Crippen LogP contribution < -0.4 is 10.2 Å². The van der Waals surface area contributed by atoms with Gasteiger partial charge < -0.3 is 5.32 Å². The molecule has 4 rings (SSSR count). The predicted molar refractivity (Wildman–Crippen MR) is 97.2 cm³/mol. The zero-order valence-corrected chi connectivity index (χ0v) is 13.7. The summed E-state index contributed by atoms with van der Waals surface area (Å²) in [4.78, 5) is 14.8. The summed E-state index contributed by atoms with van der Waals surface area (Å²) in [5.41, 5.74) is 4.18. The Kier molecular flexibility index (Phi) is 3.73. The van der Waals surface area contributed by atoms with E-state index in [1.165, 1.54) is 12.1 Å². The number of aryl methyl sites for hydroxylation is 1. The first-order chi connectivity index (χ1) is 12.1. The third-order valence-electron chi connectivity index (χ3n) is 4.42. The summed E-state index contributed by atoms with van der Waals surface area (Å²) in [6.45, 7) is 2.02. The fraction of sp³-hybridized carbons (Fsp3) is 0.0952. The van der Waals surface area contributed by atoms with Gasteiger partial charge in [-0.15, -0.1) is 0 Å². The van der Waals surface area contributed by atoms with Gasteiger partial charge in [-0.1, -0.05) is 42.0 Å². The van der Waals surface area contributed by atoms with Gasteiger partial charge in [0.2, 0.25) is 0 Å². The number of hydrogen-bond donors (Lipinski definition) is 1. The largest absolute Gasteiger partial charge is 0.360 e. The van der Waals surface area contributed by atoms with E-state index in [1.54, 1.807) is 23.1 Å². The number of nitrogens with one attached hydrogen (secondary N) is 1. The molecule has 0 spiro atoms. The summed E-state index contributed by atoms with van der Waals surface area (Å²) in [5, 5.41) is 3.44. The predicted octanol–water partition coefficient (Wildman–Crippen LogP) is 4.91. The van der Waals surface area contributed by atoms with Gasteiger partial charge in [0.05, 0.1) is 5.56 Å². The Hall–Kier alpha value is -3.14. The minimum absolute atomic E-state index is 0.105. The van der Waals surface area contributed by atoms with Crippen LogP contribution in [0.2, 0.25) is 0 Å². The van der Waals surface area contributed by atoms with E-state index < -0.39 is 0 Å². The minimum atomic E-state index is -0.353. The van der Waals surface area contributed by atoms with Crippen LogP contribution >= 0.6 is 0 Å². The van der Waals surface area contributed by atoms with Crippen LogP contribution in [0.3, 0.4) is 0 Å². The van der Waals surface area contributed by atoms with Gasteiger partial charge >= 0.3 is 0 Å². The summed E-state index contributed by atoms with van der Waals surface area (Å²) in [6.07, 6.45) is -0.353. The summed E-state index contributed by atoms with van der Waals surface area (Å²) < 4.78 is 13.3. The van der Waals surface area contributed by atoms with Crippen LogP contribution in [0.5, 0.6) is 0 Å². The molecule has 0 saturated carbocycles. The average molecular weight is 332 g/mol. The molecule has 124 valence electrons. The maximum absolute atomic E-state index is 13.3. The molecule has 1 unspecified atom stereocenters. The molecule has 3 aromatic carbocycles. The molecule has 0 aromatic heterocycles. The molecule has 0 fully saturated rings. The molecule has 4 heteroatoms. The smallest absolute Gasteiger partial charge is 0.262 e. The number of rotatable bonds is 2. The van der Waals surface area contributed by atoms with Gasteiger partial charge in [0.25, 0.3) is 5.91 Å². The standard InChI is InChI=1S/C21H17FN2O/c1-14-6-8-15(9-7-14)20-23-19-5-3-2-4-18(19)21(25)24(20)17-12-10-16(22)11-13-17/h2-13,20,23H,1H3. The molecular weight excluding hydrogens is 315 g/mol. The van der Waals surface area contributed by atoms with Gasteiger partial charge in [0, 0.05) is 11.4 Å². The second-order valence-corrected chi connectivity index (χ2v) is 6.15. The lowest BCUT2D eigenvalue weighted by Gasteiger charge is -2.38. The maximum Gasteiger partial charge on any atom is 0.262 e. The monoisotopic (exact) mass is 332 g/mol. The van der Waals surface area contributed by atoms with E-state index in [-0.39, 0.29) is 17.9 Å². The number of anilines is 2. The van der Waals surface area contributed by atoms with Gasteiger partial charge in [-0.25, -0.2) is 4.39 Å². The molecule has 3 nitrogen and oxygen atoms in total. The van der Waals surface area contributed by atoms with Crippen LogP contribution in [0.15, 0.2) is 72.8 Å². The van der Waals surface area contributed by atoms with E-state index in [0.717, 1.165) is 16.8 Å². The van der Waals surface area contributed by atoms with Crippen LogP contribution in [0, 0.1) is 12.7 Å². The highest BCUT2D eigenvalue weighted by Gasteiger charge is 2.33. The summed E-state index contributed by atoms with van der Waals surface area (Å²) in [7, 11) is 0. The molecular formula is C21H17FN2O. The lowest BCUT2D eigenvalue weighted by molar-refractivity contribution is 0.0975. The molecule has 0 saturated heterocycles.